The third-order valence-electron chi connectivity index (χ3n) is 5.16. The summed E-state index contributed by atoms with van der Waals surface area (Å²) in [5, 5.41) is 17.0. The maximum Gasteiger partial charge on any atom is 0.191 e. The molecule has 1 aromatic carbocycles. The average Bonchev–Trinajstić information content (AvgIpc) is 3.27. The highest BCUT2D eigenvalue weighted by atomic mass is 19.1. The Morgan fingerprint density at radius 3 is 3.04 bits per heavy atom. The van der Waals surface area contributed by atoms with Crippen molar-refractivity contribution in [3.05, 3.63) is 35.8 Å². The Kier molecular flexibility index (Phi) is 6.68. The molecule has 1 saturated heterocycles. The van der Waals surface area contributed by atoms with Crippen LogP contribution in [0.5, 0.6) is 0 Å². The molecule has 0 radical (unpaired) electrons. The van der Waals surface area contributed by atoms with Crippen LogP contribution in [0.15, 0.2) is 29.4 Å². The zero-order valence-electron chi connectivity index (χ0n) is 15.9. The molecule has 7 heteroatoms. The van der Waals surface area contributed by atoms with E-state index >= 15 is 0 Å². The Bertz CT molecular complexity index is 768. The van der Waals surface area contributed by atoms with Crippen LogP contribution in [0.4, 0.5) is 4.39 Å². The highest BCUT2D eigenvalue weighted by Crippen LogP contribution is 2.32. The van der Waals surface area contributed by atoms with E-state index in [0.717, 1.165) is 55.0 Å². The molecule has 3 rings (SSSR count). The molecule has 1 aromatic heterocycles. The van der Waals surface area contributed by atoms with Crippen LogP contribution < -0.4 is 10.6 Å². The molecular weight excluding hydrogens is 347 g/mol. The molecular formula is C20H29FN4O2. The molecule has 1 fully saturated rings. The van der Waals surface area contributed by atoms with E-state index in [1.54, 1.807) is 0 Å². The SMILES string of the molecule is CCNC(=NCC1(CCO)CCOC1)NCCc1c[nH]c2cc(F)ccc12. The summed E-state index contributed by atoms with van der Waals surface area (Å²) >= 11 is 0. The number of ether oxygens (including phenoxy) is 1. The third-order valence-corrected chi connectivity index (χ3v) is 5.16. The number of halogens is 1. The monoisotopic (exact) mass is 376 g/mol. The zero-order chi connectivity index (χ0) is 19.1. The number of nitrogens with zero attached hydrogens (tertiary/aromatic N) is 1. The number of nitrogens with one attached hydrogen (secondary N) is 3. The first kappa shape index (κ1) is 19.6. The van der Waals surface area contributed by atoms with Crippen LogP contribution in [0, 0.1) is 11.2 Å². The molecule has 1 unspecified atom stereocenters. The van der Waals surface area contributed by atoms with Crippen LogP contribution >= 0.6 is 0 Å². The summed E-state index contributed by atoms with van der Waals surface area (Å²) in [4.78, 5) is 7.85. The number of guanidine groups is 1. The first-order valence-electron chi connectivity index (χ1n) is 9.62. The van der Waals surface area contributed by atoms with Gasteiger partial charge in [-0.3, -0.25) is 4.99 Å². The number of aliphatic hydroxyl groups excluding tert-OH is 1. The van der Waals surface area contributed by atoms with Gasteiger partial charge in [0.1, 0.15) is 5.82 Å². The number of hydrogen-bond acceptors (Lipinski definition) is 3. The smallest absolute Gasteiger partial charge is 0.191 e. The molecule has 4 N–H and O–H groups in total. The molecule has 0 aliphatic carbocycles. The standard InChI is InChI=1S/C20H29FN4O2/c1-2-22-19(25-13-20(6-9-26)7-10-27-14-20)23-8-5-15-12-24-18-11-16(21)3-4-17(15)18/h3-4,11-12,24,26H,2,5-10,13-14H2,1H3,(H2,22,23,25). The van der Waals surface area contributed by atoms with Gasteiger partial charge < -0.3 is 25.5 Å². The second-order valence-corrected chi connectivity index (χ2v) is 7.15. The molecule has 0 bridgehead atoms. The third kappa shape index (κ3) is 4.99. The van der Waals surface area contributed by atoms with Gasteiger partial charge >= 0.3 is 0 Å². The summed E-state index contributed by atoms with van der Waals surface area (Å²) in [7, 11) is 0. The Balaban J connectivity index is 1.59. The lowest BCUT2D eigenvalue weighted by atomic mass is 9.84. The van der Waals surface area contributed by atoms with E-state index in [1.165, 1.54) is 12.1 Å². The van der Waals surface area contributed by atoms with Gasteiger partial charge in [-0.25, -0.2) is 4.39 Å². The van der Waals surface area contributed by atoms with Crippen LogP contribution in [0.3, 0.4) is 0 Å². The molecule has 148 valence electrons. The van der Waals surface area contributed by atoms with Gasteiger partial charge in [-0.15, -0.1) is 0 Å². The lowest BCUT2D eigenvalue weighted by Crippen LogP contribution is -2.39. The fourth-order valence-electron chi connectivity index (χ4n) is 3.56. The van der Waals surface area contributed by atoms with Gasteiger partial charge in [-0.1, -0.05) is 0 Å². The van der Waals surface area contributed by atoms with Gasteiger partial charge in [0.25, 0.3) is 0 Å². The number of aliphatic imine (C=N–C) groups is 1. The zero-order valence-corrected chi connectivity index (χ0v) is 15.9. The summed E-state index contributed by atoms with van der Waals surface area (Å²) in [6, 6.07) is 4.82. The Morgan fingerprint density at radius 1 is 1.41 bits per heavy atom. The van der Waals surface area contributed by atoms with Gasteiger partial charge in [0.2, 0.25) is 0 Å². The fourth-order valence-corrected chi connectivity index (χ4v) is 3.56. The normalized spacial score (nSPS) is 20.3. The maximum absolute atomic E-state index is 13.3. The van der Waals surface area contributed by atoms with Gasteiger partial charge in [-0.2, -0.15) is 0 Å². The summed E-state index contributed by atoms with van der Waals surface area (Å²) in [6.07, 6.45) is 4.38. The highest BCUT2D eigenvalue weighted by molar-refractivity contribution is 5.83. The average molecular weight is 376 g/mol. The molecule has 2 aromatic rings. The van der Waals surface area contributed by atoms with Crippen LogP contribution in [0.2, 0.25) is 0 Å². The summed E-state index contributed by atoms with van der Waals surface area (Å²) in [5.74, 6) is 0.538. The fraction of sp³-hybridized carbons (Fsp3) is 0.550. The summed E-state index contributed by atoms with van der Waals surface area (Å²) < 4.78 is 18.8. The quantitative estimate of drug-likeness (QED) is 0.421. The number of aliphatic hydroxyl groups is 1. The minimum absolute atomic E-state index is 0.0575. The number of aromatic nitrogens is 1. The van der Waals surface area contributed by atoms with Crippen LogP contribution in [0.1, 0.15) is 25.3 Å². The Morgan fingerprint density at radius 2 is 2.30 bits per heavy atom. The molecule has 0 amide bonds. The first-order chi connectivity index (χ1) is 13.2. The predicted molar refractivity (Wildman–Crippen MR) is 106 cm³/mol. The van der Waals surface area contributed by atoms with Crippen molar-refractivity contribution < 1.29 is 14.2 Å². The van der Waals surface area contributed by atoms with Gasteiger partial charge in [0, 0.05) is 48.8 Å². The van der Waals surface area contributed by atoms with E-state index in [2.05, 4.69) is 15.6 Å². The molecule has 1 atom stereocenters. The van der Waals surface area contributed by atoms with Crippen molar-refractivity contribution in [2.24, 2.45) is 10.4 Å². The lowest BCUT2D eigenvalue weighted by Gasteiger charge is -2.24. The molecule has 1 aliphatic rings. The Labute approximate surface area is 159 Å². The molecule has 0 saturated carbocycles. The minimum Gasteiger partial charge on any atom is -0.396 e. The number of rotatable bonds is 8. The second-order valence-electron chi connectivity index (χ2n) is 7.15. The van der Waals surface area contributed by atoms with Crippen molar-refractivity contribution in [2.45, 2.75) is 26.2 Å². The number of H-pyrrole nitrogens is 1. The van der Waals surface area contributed by atoms with E-state index in [9.17, 15) is 9.50 Å². The topological polar surface area (TPSA) is 81.7 Å². The number of hydrogen-bond donors (Lipinski definition) is 4. The minimum atomic E-state index is -0.233. The lowest BCUT2D eigenvalue weighted by molar-refractivity contribution is 0.131. The number of benzene rings is 1. The van der Waals surface area contributed by atoms with E-state index in [1.807, 2.05) is 19.2 Å². The second kappa shape index (κ2) is 9.19. The van der Waals surface area contributed by atoms with Crippen LogP contribution in [0.25, 0.3) is 10.9 Å². The van der Waals surface area contributed by atoms with E-state index < -0.39 is 0 Å². The molecule has 2 heterocycles. The molecule has 1 aliphatic heterocycles. The van der Waals surface area contributed by atoms with Crippen LogP contribution in [-0.2, 0) is 11.2 Å². The van der Waals surface area contributed by atoms with Crippen molar-refractivity contribution in [3.8, 4) is 0 Å². The van der Waals surface area contributed by atoms with Crippen molar-refractivity contribution in [1.29, 1.82) is 0 Å². The Hall–Kier alpha value is -2.12. The molecule has 0 spiro atoms. The molecule has 27 heavy (non-hydrogen) atoms. The van der Waals surface area contributed by atoms with Crippen molar-refractivity contribution in [2.75, 3.05) is 39.5 Å². The van der Waals surface area contributed by atoms with Gasteiger partial charge in [0.05, 0.1) is 13.2 Å². The number of fused-ring (bicyclic) bond motifs is 1. The first-order valence-corrected chi connectivity index (χ1v) is 9.62. The predicted octanol–water partition coefficient (Wildman–Crippen LogP) is 2.19. The van der Waals surface area contributed by atoms with Gasteiger partial charge in [-0.05, 0) is 49.9 Å². The van der Waals surface area contributed by atoms with Crippen molar-refractivity contribution in [3.63, 3.8) is 0 Å². The van der Waals surface area contributed by atoms with E-state index in [0.29, 0.717) is 19.6 Å². The van der Waals surface area contributed by atoms with Crippen molar-refractivity contribution >= 4 is 16.9 Å². The highest BCUT2D eigenvalue weighted by Gasteiger charge is 2.34. The largest absolute Gasteiger partial charge is 0.396 e. The summed E-state index contributed by atoms with van der Waals surface area (Å²) in [5.41, 5.74) is 1.91. The number of aromatic amines is 1. The van der Waals surface area contributed by atoms with E-state index in [4.69, 9.17) is 9.73 Å². The van der Waals surface area contributed by atoms with E-state index in [-0.39, 0.29) is 17.8 Å². The summed E-state index contributed by atoms with van der Waals surface area (Å²) in [6.45, 7) is 5.72. The van der Waals surface area contributed by atoms with Gasteiger partial charge in [0.15, 0.2) is 5.96 Å². The maximum atomic E-state index is 13.3. The molecule has 6 nitrogen and oxygen atoms in total. The van der Waals surface area contributed by atoms with Crippen molar-refractivity contribution in [1.82, 2.24) is 15.6 Å². The van der Waals surface area contributed by atoms with Crippen LogP contribution in [-0.4, -0.2) is 55.5 Å².